The van der Waals surface area contributed by atoms with E-state index in [1.165, 1.54) is 6.26 Å². The third kappa shape index (κ3) is 7.17. The molecule has 10 heteroatoms. The van der Waals surface area contributed by atoms with Gasteiger partial charge in [0.15, 0.2) is 5.96 Å². The molecule has 0 spiro atoms. The highest BCUT2D eigenvalue weighted by atomic mass is 32.2. The van der Waals surface area contributed by atoms with E-state index >= 15 is 0 Å². The molecule has 1 heterocycles. The molecule has 156 valence electrons. The molecular formula is C17H33N5O4S. The van der Waals surface area contributed by atoms with Crippen molar-refractivity contribution < 1.29 is 17.9 Å². The molecule has 1 saturated carbocycles. The van der Waals surface area contributed by atoms with E-state index in [1.807, 2.05) is 25.7 Å². The normalized spacial score (nSPS) is 25.0. The van der Waals surface area contributed by atoms with Gasteiger partial charge in [-0.05, 0) is 39.5 Å². The van der Waals surface area contributed by atoms with Crippen molar-refractivity contribution >= 4 is 22.1 Å². The van der Waals surface area contributed by atoms with Crippen LogP contribution in [0.5, 0.6) is 0 Å². The number of hydrogen-bond acceptors (Lipinski definition) is 5. The molecule has 2 aliphatic rings. The van der Waals surface area contributed by atoms with Gasteiger partial charge in [0.05, 0.1) is 6.26 Å². The summed E-state index contributed by atoms with van der Waals surface area (Å²) in [5, 5.41) is 0. The predicted octanol–water partition coefficient (Wildman–Crippen LogP) is 0.572. The van der Waals surface area contributed by atoms with Crippen LogP contribution >= 0.6 is 0 Å². The van der Waals surface area contributed by atoms with Crippen molar-refractivity contribution in [2.45, 2.75) is 51.7 Å². The number of sulfonamides is 1. The Balaban J connectivity index is 1.83. The molecule has 1 amide bonds. The zero-order valence-electron chi connectivity index (χ0n) is 16.8. The molecule has 0 aromatic rings. The molecule has 9 nitrogen and oxygen atoms in total. The summed E-state index contributed by atoms with van der Waals surface area (Å²) in [7, 11) is -3.22. The minimum absolute atomic E-state index is 0.0689. The summed E-state index contributed by atoms with van der Waals surface area (Å²) in [6.45, 7) is 8.32. The summed E-state index contributed by atoms with van der Waals surface area (Å²) in [6, 6.07) is -0.0689. The lowest BCUT2D eigenvalue weighted by molar-refractivity contribution is 0.0186. The Morgan fingerprint density at radius 1 is 1.19 bits per heavy atom. The number of nitrogens with one attached hydrogen (secondary N) is 1. The minimum atomic E-state index is -3.22. The molecule has 2 rings (SSSR count). The van der Waals surface area contributed by atoms with Crippen LogP contribution in [-0.4, -0.2) is 80.9 Å². The third-order valence-corrected chi connectivity index (χ3v) is 5.50. The zero-order chi connectivity index (χ0) is 20.2. The fourth-order valence-electron chi connectivity index (χ4n) is 3.44. The summed E-state index contributed by atoms with van der Waals surface area (Å²) in [5.41, 5.74) is 5.62. The Morgan fingerprint density at radius 3 is 2.33 bits per heavy atom. The first-order valence-electron chi connectivity index (χ1n) is 9.45. The van der Waals surface area contributed by atoms with E-state index in [9.17, 15) is 13.2 Å². The number of carbonyl (C=O) groups is 1. The van der Waals surface area contributed by atoms with Crippen molar-refractivity contribution in [1.82, 2.24) is 14.5 Å². The summed E-state index contributed by atoms with van der Waals surface area (Å²) < 4.78 is 31.0. The van der Waals surface area contributed by atoms with Crippen molar-refractivity contribution in [2.75, 3.05) is 39.0 Å². The fraction of sp³-hybridized carbons (Fsp3) is 0.882. The maximum Gasteiger partial charge on any atom is 0.410 e. The molecule has 0 radical (unpaired) electrons. The van der Waals surface area contributed by atoms with E-state index in [4.69, 9.17) is 10.5 Å². The largest absolute Gasteiger partial charge is 0.444 e. The van der Waals surface area contributed by atoms with Crippen LogP contribution in [0.15, 0.2) is 4.99 Å². The maximum absolute atomic E-state index is 12.1. The van der Waals surface area contributed by atoms with Crippen molar-refractivity contribution in [3.63, 3.8) is 0 Å². The number of rotatable bonds is 4. The van der Waals surface area contributed by atoms with E-state index in [0.29, 0.717) is 38.7 Å². The first-order chi connectivity index (χ1) is 12.4. The highest BCUT2D eigenvalue weighted by molar-refractivity contribution is 7.88. The second-order valence-corrected chi connectivity index (χ2v) is 10.1. The van der Waals surface area contributed by atoms with Gasteiger partial charge in [0, 0.05) is 38.8 Å². The molecule has 1 saturated heterocycles. The van der Waals surface area contributed by atoms with Gasteiger partial charge in [-0.3, -0.25) is 4.99 Å². The fourth-order valence-corrected chi connectivity index (χ4v) is 4.30. The summed E-state index contributed by atoms with van der Waals surface area (Å²) >= 11 is 0. The molecule has 0 bridgehead atoms. The van der Waals surface area contributed by atoms with Crippen LogP contribution in [0.4, 0.5) is 4.79 Å². The number of nitrogens with zero attached hydrogens (tertiary/aromatic N) is 3. The lowest BCUT2D eigenvalue weighted by Crippen LogP contribution is -2.53. The molecule has 3 N–H and O–H groups in total. The number of hydrogen-bond donors (Lipinski definition) is 2. The quantitative estimate of drug-likeness (QED) is 0.523. The number of aliphatic imine (C=N–C) groups is 1. The Bertz CT molecular complexity index is 651. The van der Waals surface area contributed by atoms with Crippen LogP contribution in [0, 0.1) is 5.92 Å². The van der Waals surface area contributed by atoms with Crippen molar-refractivity contribution in [3.8, 4) is 0 Å². The van der Waals surface area contributed by atoms with Gasteiger partial charge in [0.2, 0.25) is 10.0 Å². The second kappa shape index (κ2) is 8.64. The summed E-state index contributed by atoms with van der Waals surface area (Å²) in [4.78, 5) is 20.2. The maximum atomic E-state index is 12.1. The molecule has 0 aromatic heterocycles. The number of carbonyl (C=O) groups excluding carboxylic acids is 1. The number of amides is 1. The molecule has 0 aromatic carbocycles. The van der Waals surface area contributed by atoms with Gasteiger partial charge in [-0.2, -0.15) is 0 Å². The molecular weight excluding hydrogens is 370 g/mol. The van der Waals surface area contributed by atoms with Gasteiger partial charge >= 0.3 is 6.09 Å². The van der Waals surface area contributed by atoms with Crippen LogP contribution in [0.1, 0.15) is 40.0 Å². The van der Waals surface area contributed by atoms with Crippen molar-refractivity contribution in [3.05, 3.63) is 0 Å². The average Bonchev–Trinajstić information content (AvgIpc) is 2.96. The number of nitrogens with two attached hydrogens (primary N) is 1. The van der Waals surface area contributed by atoms with Gasteiger partial charge in [-0.15, -0.1) is 0 Å². The topological polar surface area (TPSA) is 117 Å². The van der Waals surface area contributed by atoms with Crippen LogP contribution in [0.3, 0.4) is 0 Å². The third-order valence-electron chi connectivity index (χ3n) is 4.77. The zero-order valence-corrected chi connectivity index (χ0v) is 17.6. The molecule has 27 heavy (non-hydrogen) atoms. The second-order valence-electron chi connectivity index (χ2n) is 8.34. The Morgan fingerprint density at radius 2 is 1.78 bits per heavy atom. The molecule has 2 unspecified atom stereocenters. The van der Waals surface area contributed by atoms with Crippen LogP contribution in [-0.2, 0) is 14.8 Å². The number of guanidine groups is 1. The Hall–Kier alpha value is -1.55. The molecule has 2 atom stereocenters. The number of ether oxygens (including phenoxy) is 1. The smallest absolute Gasteiger partial charge is 0.410 e. The molecule has 2 fully saturated rings. The monoisotopic (exact) mass is 403 g/mol. The van der Waals surface area contributed by atoms with Crippen LogP contribution in [0.25, 0.3) is 0 Å². The van der Waals surface area contributed by atoms with E-state index in [0.717, 1.165) is 19.3 Å². The summed E-state index contributed by atoms with van der Waals surface area (Å²) in [6.07, 6.45) is 3.64. The van der Waals surface area contributed by atoms with Gasteiger partial charge < -0.3 is 20.3 Å². The van der Waals surface area contributed by atoms with Crippen LogP contribution in [0.2, 0.25) is 0 Å². The van der Waals surface area contributed by atoms with Gasteiger partial charge in [-0.25, -0.2) is 17.9 Å². The standard InChI is InChI=1S/C17H33N5O4S/c1-17(2,3)26-16(23)22-10-8-21(9-11-22)15(18)19-12-13-6-5-7-14(13)20-27(4,24)25/h13-14,20H,5-12H2,1-4H3,(H2,18,19). The number of piperazine rings is 1. The highest BCUT2D eigenvalue weighted by Gasteiger charge is 2.30. The van der Waals surface area contributed by atoms with Gasteiger partial charge in [-0.1, -0.05) is 6.42 Å². The average molecular weight is 404 g/mol. The first kappa shape index (κ1) is 21.7. The van der Waals surface area contributed by atoms with Crippen molar-refractivity contribution in [1.29, 1.82) is 0 Å². The SMILES string of the molecule is CC(C)(C)OC(=O)N1CCN(C(N)=NCC2CCCC2NS(C)(=O)=O)CC1. The predicted molar refractivity (Wildman–Crippen MR) is 105 cm³/mol. The summed E-state index contributed by atoms with van der Waals surface area (Å²) in [5.74, 6) is 0.616. The molecule has 1 aliphatic heterocycles. The lowest BCUT2D eigenvalue weighted by Gasteiger charge is -2.36. The van der Waals surface area contributed by atoms with E-state index < -0.39 is 15.6 Å². The van der Waals surface area contributed by atoms with E-state index in [1.54, 1.807) is 4.90 Å². The molecule has 1 aliphatic carbocycles. The minimum Gasteiger partial charge on any atom is -0.444 e. The lowest BCUT2D eigenvalue weighted by atomic mass is 10.1. The van der Waals surface area contributed by atoms with Crippen molar-refractivity contribution in [2.24, 2.45) is 16.6 Å². The van der Waals surface area contributed by atoms with Gasteiger partial charge in [0.1, 0.15) is 5.60 Å². The first-order valence-corrected chi connectivity index (χ1v) is 11.3. The van der Waals surface area contributed by atoms with Crippen LogP contribution < -0.4 is 10.5 Å². The van der Waals surface area contributed by atoms with E-state index in [-0.39, 0.29) is 18.1 Å². The van der Waals surface area contributed by atoms with Gasteiger partial charge in [0.25, 0.3) is 0 Å². The Kier molecular flexibility index (Phi) is 6.96. The van der Waals surface area contributed by atoms with E-state index in [2.05, 4.69) is 9.71 Å². The highest BCUT2D eigenvalue weighted by Crippen LogP contribution is 2.26. The Labute approximate surface area is 162 Å².